The molecule has 0 aliphatic rings. The quantitative estimate of drug-likeness (QED) is 0.820. The third-order valence-electron chi connectivity index (χ3n) is 3.05. The van der Waals surface area contributed by atoms with Gasteiger partial charge in [0.05, 0.1) is 4.90 Å². The number of aryl methyl sites for hydroxylation is 1. The van der Waals surface area contributed by atoms with E-state index in [1.54, 1.807) is 30.5 Å². The first-order valence-electron chi connectivity index (χ1n) is 6.86. The predicted octanol–water partition coefficient (Wildman–Crippen LogP) is 1.95. The van der Waals surface area contributed by atoms with Crippen molar-refractivity contribution in [2.24, 2.45) is 0 Å². The van der Waals surface area contributed by atoms with E-state index in [9.17, 15) is 13.2 Å². The van der Waals surface area contributed by atoms with Gasteiger partial charge in [-0.1, -0.05) is 18.2 Å². The topological polar surface area (TPSA) is 88.2 Å². The van der Waals surface area contributed by atoms with Crippen LogP contribution in [0.25, 0.3) is 6.08 Å². The molecule has 1 aromatic heterocycles. The van der Waals surface area contributed by atoms with Crippen LogP contribution < -0.4 is 10.0 Å². The smallest absolute Gasteiger partial charge is 0.249 e. The van der Waals surface area contributed by atoms with E-state index in [1.165, 1.54) is 25.3 Å². The number of carbonyl (C=O) groups is 1. The molecule has 1 amide bonds. The summed E-state index contributed by atoms with van der Waals surface area (Å²) in [5, 5.41) is 2.64. The van der Waals surface area contributed by atoms with Crippen LogP contribution in [0.15, 0.2) is 53.6 Å². The average Bonchev–Trinajstić information content (AvgIpc) is 2.55. The molecule has 0 fully saturated rings. The van der Waals surface area contributed by atoms with Crippen LogP contribution >= 0.6 is 0 Å². The highest BCUT2D eigenvalue weighted by molar-refractivity contribution is 7.89. The Bertz CT molecular complexity index is 811. The average molecular weight is 331 g/mol. The molecule has 7 heteroatoms. The fourth-order valence-electron chi connectivity index (χ4n) is 1.76. The molecule has 1 aromatic carbocycles. The summed E-state index contributed by atoms with van der Waals surface area (Å²) < 4.78 is 25.5. The summed E-state index contributed by atoms with van der Waals surface area (Å²) in [7, 11) is -2.10. The second-order valence-electron chi connectivity index (χ2n) is 4.82. The minimum Gasteiger partial charge on any atom is -0.307 e. The summed E-state index contributed by atoms with van der Waals surface area (Å²) in [5.41, 5.74) is 1.72. The Labute approximate surface area is 135 Å². The normalized spacial score (nSPS) is 11.6. The molecule has 0 radical (unpaired) electrons. The molecule has 0 atom stereocenters. The molecule has 0 spiro atoms. The lowest BCUT2D eigenvalue weighted by Crippen LogP contribution is -2.18. The van der Waals surface area contributed by atoms with E-state index in [4.69, 9.17) is 0 Å². The van der Waals surface area contributed by atoms with Gasteiger partial charge in [0.2, 0.25) is 15.9 Å². The number of anilines is 1. The number of rotatable bonds is 5. The van der Waals surface area contributed by atoms with Crippen LogP contribution in [0.1, 0.15) is 11.1 Å². The number of carbonyl (C=O) groups excluding carboxylic acids is 1. The van der Waals surface area contributed by atoms with Crippen molar-refractivity contribution in [3.8, 4) is 0 Å². The number of nitrogens with one attached hydrogen (secondary N) is 2. The Hall–Kier alpha value is -2.51. The van der Waals surface area contributed by atoms with E-state index < -0.39 is 10.0 Å². The molecule has 0 aliphatic heterocycles. The highest BCUT2D eigenvalue weighted by Crippen LogP contribution is 2.11. The van der Waals surface area contributed by atoms with Gasteiger partial charge in [0.25, 0.3) is 0 Å². The van der Waals surface area contributed by atoms with Gasteiger partial charge in [0.1, 0.15) is 5.82 Å². The molecule has 0 unspecified atom stereocenters. The van der Waals surface area contributed by atoms with Gasteiger partial charge in [-0.05, 0) is 49.4 Å². The van der Waals surface area contributed by atoms with Gasteiger partial charge in [-0.15, -0.1) is 0 Å². The molecule has 2 rings (SSSR count). The Morgan fingerprint density at radius 3 is 2.39 bits per heavy atom. The first-order chi connectivity index (χ1) is 10.9. The molecule has 0 bridgehead atoms. The van der Waals surface area contributed by atoms with E-state index >= 15 is 0 Å². The largest absolute Gasteiger partial charge is 0.307 e. The monoisotopic (exact) mass is 331 g/mol. The Morgan fingerprint density at radius 1 is 1.13 bits per heavy atom. The predicted molar refractivity (Wildman–Crippen MR) is 89.3 cm³/mol. The number of pyridine rings is 1. The Morgan fingerprint density at radius 2 is 1.83 bits per heavy atom. The minimum absolute atomic E-state index is 0.172. The zero-order valence-corrected chi connectivity index (χ0v) is 13.6. The maximum Gasteiger partial charge on any atom is 0.249 e. The van der Waals surface area contributed by atoms with Gasteiger partial charge in [-0.2, -0.15) is 0 Å². The number of aromatic nitrogens is 1. The fraction of sp³-hybridized carbons (Fsp3) is 0.125. The van der Waals surface area contributed by atoms with Crippen molar-refractivity contribution in [3.05, 3.63) is 59.8 Å². The van der Waals surface area contributed by atoms with Crippen LogP contribution in [-0.2, 0) is 14.8 Å². The molecule has 1 heterocycles. The number of amides is 1. The number of hydrogen-bond acceptors (Lipinski definition) is 4. The van der Waals surface area contributed by atoms with Crippen molar-refractivity contribution < 1.29 is 13.2 Å². The molecular weight excluding hydrogens is 314 g/mol. The van der Waals surface area contributed by atoms with Crippen LogP contribution in [0.3, 0.4) is 0 Å². The highest BCUT2D eigenvalue weighted by Gasteiger charge is 2.09. The number of benzene rings is 1. The summed E-state index contributed by atoms with van der Waals surface area (Å²) in [6, 6.07) is 9.78. The molecule has 6 nitrogen and oxygen atoms in total. The summed E-state index contributed by atoms with van der Waals surface area (Å²) >= 11 is 0. The zero-order valence-electron chi connectivity index (χ0n) is 12.8. The molecule has 23 heavy (non-hydrogen) atoms. The molecular formula is C16H17N3O3S. The molecule has 120 valence electrons. The van der Waals surface area contributed by atoms with Crippen molar-refractivity contribution in [2.45, 2.75) is 11.8 Å². The van der Waals surface area contributed by atoms with Crippen LogP contribution in [0.2, 0.25) is 0 Å². The number of sulfonamides is 1. The molecule has 2 N–H and O–H groups in total. The lowest BCUT2D eigenvalue weighted by atomic mass is 10.2. The third kappa shape index (κ3) is 4.73. The maximum atomic E-state index is 11.8. The molecule has 0 saturated heterocycles. The Kier molecular flexibility index (Phi) is 5.25. The molecule has 2 aromatic rings. The van der Waals surface area contributed by atoms with Crippen LogP contribution in [0, 0.1) is 6.92 Å². The van der Waals surface area contributed by atoms with Crippen molar-refractivity contribution in [3.63, 3.8) is 0 Å². The van der Waals surface area contributed by atoms with Gasteiger partial charge in [0, 0.05) is 12.3 Å². The van der Waals surface area contributed by atoms with Crippen LogP contribution in [0.5, 0.6) is 0 Å². The lowest BCUT2D eigenvalue weighted by Gasteiger charge is -2.03. The number of hydrogen-bond donors (Lipinski definition) is 2. The van der Waals surface area contributed by atoms with Gasteiger partial charge in [0.15, 0.2) is 0 Å². The third-order valence-corrected chi connectivity index (χ3v) is 4.48. The van der Waals surface area contributed by atoms with E-state index in [-0.39, 0.29) is 10.8 Å². The fourth-order valence-corrected chi connectivity index (χ4v) is 2.49. The SMILES string of the molecule is CNS(=O)(=O)c1ccc(C=CC(=O)Nc2ccc(C)cn2)cc1. The van der Waals surface area contributed by atoms with Crippen LogP contribution in [-0.4, -0.2) is 26.4 Å². The van der Waals surface area contributed by atoms with Gasteiger partial charge in [-0.25, -0.2) is 18.1 Å². The zero-order chi connectivity index (χ0) is 16.9. The van der Waals surface area contributed by atoms with E-state index in [0.29, 0.717) is 11.4 Å². The Balaban J connectivity index is 2.02. The van der Waals surface area contributed by atoms with Gasteiger partial charge in [-0.3, -0.25) is 4.79 Å². The lowest BCUT2D eigenvalue weighted by molar-refractivity contribution is -0.111. The standard InChI is InChI=1S/C16H17N3O3S/c1-12-3-9-15(18-11-12)19-16(20)10-6-13-4-7-14(8-5-13)23(21,22)17-2/h3-11,17H,1-2H3,(H,18,19,20). The van der Waals surface area contributed by atoms with E-state index in [0.717, 1.165) is 5.56 Å². The van der Waals surface area contributed by atoms with Crippen molar-refractivity contribution >= 4 is 27.8 Å². The van der Waals surface area contributed by atoms with Crippen molar-refractivity contribution in [2.75, 3.05) is 12.4 Å². The summed E-state index contributed by atoms with van der Waals surface area (Å²) in [4.78, 5) is 16.1. The first kappa shape index (κ1) is 16.9. The van der Waals surface area contributed by atoms with E-state index in [2.05, 4.69) is 15.0 Å². The number of nitrogens with zero attached hydrogens (tertiary/aromatic N) is 1. The minimum atomic E-state index is -3.45. The summed E-state index contributed by atoms with van der Waals surface area (Å²) in [5.74, 6) is 0.161. The summed E-state index contributed by atoms with van der Waals surface area (Å²) in [6.07, 6.45) is 4.63. The van der Waals surface area contributed by atoms with Crippen molar-refractivity contribution in [1.82, 2.24) is 9.71 Å². The van der Waals surface area contributed by atoms with Crippen LogP contribution in [0.4, 0.5) is 5.82 Å². The van der Waals surface area contributed by atoms with Gasteiger partial charge < -0.3 is 5.32 Å². The maximum absolute atomic E-state index is 11.8. The van der Waals surface area contributed by atoms with Crippen molar-refractivity contribution in [1.29, 1.82) is 0 Å². The molecule has 0 aliphatic carbocycles. The first-order valence-corrected chi connectivity index (χ1v) is 8.34. The molecule has 0 saturated carbocycles. The second-order valence-corrected chi connectivity index (χ2v) is 6.71. The highest BCUT2D eigenvalue weighted by atomic mass is 32.2. The second kappa shape index (κ2) is 7.17. The van der Waals surface area contributed by atoms with Gasteiger partial charge >= 0.3 is 0 Å². The summed E-state index contributed by atoms with van der Waals surface area (Å²) in [6.45, 7) is 1.91. The van der Waals surface area contributed by atoms with E-state index in [1.807, 2.05) is 13.0 Å².